The first-order chi connectivity index (χ1) is 11.5. The van der Waals surface area contributed by atoms with Gasteiger partial charge in [-0.15, -0.1) is 0 Å². The van der Waals surface area contributed by atoms with Crippen molar-refractivity contribution in [1.29, 1.82) is 0 Å². The van der Waals surface area contributed by atoms with Crippen molar-refractivity contribution in [2.24, 2.45) is 5.41 Å². The third-order valence-corrected chi connectivity index (χ3v) is 4.62. The molecule has 1 aliphatic heterocycles. The molecule has 6 nitrogen and oxygen atoms in total. The van der Waals surface area contributed by atoms with Crippen LogP contribution in [-0.2, 0) is 9.59 Å². The predicted octanol–water partition coefficient (Wildman–Crippen LogP) is 2.83. The molecular formula is C18H24N2O4. The van der Waals surface area contributed by atoms with Crippen LogP contribution in [0.15, 0.2) is 18.2 Å². The molecule has 1 heterocycles. The van der Waals surface area contributed by atoms with Crippen LogP contribution in [0.2, 0.25) is 0 Å². The van der Waals surface area contributed by atoms with Crippen LogP contribution in [0.3, 0.4) is 0 Å². The van der Waals surface area contributed by atoms with Gasteiger partial charge in [0.2, 0.25) is 18.6 Å². The Hall–Kier alpha value is -2.24. The number of hydrogen-bond donors (Lipinski definition) is 2. The fraction of sp³-hybridized carbons (Fsp3) is 0.556. The van der Waals surface area contributed by atoms with Crippen LogP contribution < -0.4 is 20.1 Å². The molecule has 0 aromatic heterocycles. The molecule has 0 radical (unpaired) electrons. The van der Waals surface area contributed by atoms with E-state index in [0.29, 0.717) is 17.2 Å². The maximum atomic E-state index is 12.9. The molecule has 3 rings (SSSR count). The van der Waals surface area contributed by atoms with E-state index in [1.54, 1.807) is 18.2 Å². The molecular weight excluding hydrogens is 308 g/mol. The summed E-state index contributed by atoms with van der Waals surface area (Å²) in [5.74, 6) is 1.16. The van der Waals surface area contributed by atoms with Crippen LogP contribution in [-0.4, -0.2) is 24.6 Å². The number of hydrogen-bond acceptors (Lipinski definition) is 4. The second kappa shape index (κ2) is 6.71. The van der Waals surface area contributed by atoms with Gasteiger partial charge >= 0.3 is 0 Å². The van der Waals surface area contributed by atoms with Crippen LogP contribution in [0.4, 0.5) is 5.69 Å². The molecule has 1 aromatic rings. The minimum Gasteiger partial charge on any atom is -0.454 e. The van der Waals surface area contributed by atoms with E-state index < -0.39 is 5.41 Å². The van der Waals surface area contributed by atoms with Gasteiger partial charge in [-0.05, 0) is 38.8 Å². The number of ether oxygens (including phenoxy) is 2. The van der Waals surface area contributed by atoms with Gasteiger partial charge in [0.15, 0.2) is 11.5 Å². The zero-order valence-electron chi connectivity index (χ0n) is 14.2. The predicted molar refractivity (Wildman–Crippen MR) is 90.0 cm³/mol. The summed E-state index contributed by atoms with van der Waals surface area (Å²) in [7, 11) is 0. The van der Waals surface area contributed by atoms with E-state index in [9.17, 15) is 9.59 Å². The van der Waals surface area contributed by atoms with Crippen molar-refractivity contribution in [1.82, 2.24) is 5.32 Å². The van der Waals surface area contributed by atoms with E-state index in [4.69, 9.17) is 9.47 Å². The van der Waals surface area contributed by atoms with Gasteiger partial charge in [0, 0.05) is 24.2 Å². The van der Waals surface area contributed by atoms with E-state index in [1.807, 2.05) is 13.8 Å². The molecule has 0 spiro atoms. The van der Waals surface area contributed by atoms with E-state index >= 15 is 0 Å². The molecule has 0 atom stereocenters. The number of anilines is 1. The van der Waals surface area contributed by atoms with E-state index in [0.717, 1.165) is 25.7 Å². The monoisotopic (exact) mass is 332 g/mol. The zero-order chi connectivity index (χ0) is 17.2. The molecule has 2 N–H and O–H groups in total. The van der Waals surface area contributed by atoms with E-state index in [1.165, 1.54) is 0 Å². The summed E-state index contributed by atoms with van der Waals surface area (Å²) < 4.78 is 10.6. The molecule has 0 bridgehead atoms. The van der Waals surface area contributed by atoms with Crippen LogP contribution in [0.25, 0.3) is 0 Å². The third kappa shape index (κ3) is 3.47. The quantitative estimate of drug-likeness (QED) is 0.869. The zero-order valence-corrected chi connectivity index (χ0v) is 14.2. The fourth-order valence-electron chi connectivity index (χ4n) is 3.45. The topological polar surface area (TPSA) is 76.7 Å². The molecule has 0 saturated heterocycles. The molecule has 2 aliphatic rings. The van der Waals surface area contributed by atoms with Crippen molar-refractivity contribution in [2.45, 2.75) is 52.0 Å². The molecule has 24 heavy (non-hydrogen) atoms. The highest BCUT2D eigenvalue weighted by atomic mass is 16.7. The average Bonchev–Trinajstić information content (AvgIpc) is 3.15. The summed E-state index contributed by atoms with van der Waals surface area (Å²) in [5, 5.41) is 5.85. The number of fused-ring (bicyclic) bond motifs is 1. The minimum atomic E-state index is -0.616. The lowest BCUT2D eigenvalue weighted by Crippen LogP contribution is -2.40. The number of rotatable bonds is 5. The highest BCUT2D eigenvalue weighted by molar-refractivity contribution is 5.98. The van der Waals surface area contributed by atoms with Crippen LogP contribution in [0.5, 0.6) is 11.5 Å². The summed E-state index contributed by atoms with van der Waals surface area (Å²) in [4.78, 5) is 25.1. The molecule has 6 heteroatoms. The molecule has 1 fully saturated rings. The molecule has 0 unspecified atom stereocenters. The summed E-state index contributed by atoms with van der Waals surface area (Å²) in [6.07, 6.45) is 3.68. The molecule has 1 aliphatic carbocycles. The van der Waals surface area contributed by atoms with Crippen molar-refractivity contribution >= 4 is 17.5 Å². The maximum absolute atomic E-state index is 12.9. The summed E-state index contributed by atoms with van der Waals surface area (Å²) >= 11 is 0. The molecule has 130 valence electrons. The number of benzene rings is 1. The van der Waals surface area contributed by atoms with E-state index in [-0.39, 0.29) is 31.1 Å². The number of carbonyl (C=O) groups is 2. The first-order valence-corrected chi connectivity index (χ1v) is 8.49. The Balaban J connectivity index is 1.71. The van der Waals surface area contributed by atoms with Gasteiger partial charge in [0.05, 0.1) is 5.41 Å². The van der Waals surface area contributed by atoms with Crippen molar-refractivity contribution in [3.8, 4) is 11.5 Å². The second-order valence-electron chi connectivity index (χ2n) is 6.91. The highest BCUT2D eigenvalue weighted by Gasteiger charge is 2.43. The lowest BCUT2D eigenvalue weighted by atomic mass is 9.81. The Morgan fingerprint density at radius 3 is 2.58 bits per heavy atom. The summed E-state index contributed by atoms with van der Waals surface area (Å²) in [6.45, 7) is 4.05. The summed E-state index contributed by atoms with van der Waals surface area (Å²) in [5.41, 5.74) is 0.0507. The largest absolute Gasteiger partial charge is 0.454 e. The molecule has 1 aromatic carbocycles. The van der Waals surface area contributed by atoms with Gasteiger partial charge in [0.25, 0.3) is 0 Å². The Kier molecular flexibility index (Phi) is 4.64. The molecule has 2 amide bonds. The average molecular weight is 332 g/mol. The normalized spacial score (nSPS) is 17.8. The SMILES string of the molecule is CC(C)NC(=O)CC1(C(=O)Nc2ccc3c(c2)OCO3)CCCC1. The molecule has 1 saturated carbocycles. The Morgan fingerprint density at radius 2 is 1.88 bits per heavy atom. The van der Waals surface area contributed by atoms with Gasteiger partial charge < -0.3 is 20.1 Å². The Bertz CT molecular complexity index is 636. The van der Waals surface area contributed by atoms with Gasteiger partial charge in [-0.2, -0.15) is 0 Å². The summed E-state index contributed by atoms with van der Waals surface area (Å²) in [6, 6.07) is 5.41. The number of carbonyl (C=O) groups excluding carboxylic acids is 2. The standard InChI is InChI=1S/C18H24N2O4/c1-12(2)19-16(21)10-18(7-3-4-8-18)17(22)20-13-5-6-14-15(9-13)24-11-23-14/h5-6,9,12H,3-4,7-8,10-11H2,1-2H3,(H,19,21)(H,20,22). The lowest BCUT2D eigenvalue weighted by molar-refractivity contribution is -0.132. The Morgan fingerprint density at radius 1 is 1.17 bits per heavy atom. The van der Waals surface area contributed by atoms with Gasteiger partial charge in [-0.3, -0.25) is 9.59 Å². The third-order valence-electron chi connectivity index (χ3n) is 4.62. The number of amides is 2. The Labute approximate surface area is 141 Å². The van der Waals surface area contributed by atoms with Crippen LogP contribution >= 0.6 is 0 Å². The number of nitrogens with one attached hydrogen (secondary N) is 2. The second-order valence-corrected chi connectivity index (χ2v) is 6.91. The minimum absolute atomic E-state index is 0.0623. The van der Waals surface area contributed by atoms with Crippen LogP contribution in [0.1, 0.15) is 46.0 Å². The first kappa shape index (κ1) is 16.6. The van der Waals surface area contributed by atoms with Crippen molar-refractivity contribution in [3.63, 3.8) is 0 Å². The first-order valence-electron chi connectivity index (χ1n) is 8.49. The smallest absolute Gasteiger partial charge is 0.231 e. The van der Waals surface area contributed by atoms with Crippen molar-refractivity contribution < 1.29 is 19.1 Å². The lowest BCUT2D eigenvalue weighted by Gasteiger charge is -2.27. The van der Waals surface area contributed by atoms with Crippen molar-refractivity contribution in [3.05, 3.63) is 18.2 Å². The van der Waals surface area contributed by atoms with Crippen LogP contribution in [0, 0.1) is 5.41 Å². The highest BCUT2D eigenvalue weighted by Crippen LogP contribution is 2.42. The van der Waals surface area contributed by atoms with Gasteiger partial charge in [-0.25, -0.2) is 0 Å². The fourth-order valence-corrected chi connectivity index (χ4v) is 3.45. The van der Waals surface area contributed by atoms with E-state index in [2.05, 4.69) is 10.6 Å². The van der Waals surface area contributed by atoms with Crippen molar-refractivity contribution in [2.75, 3.05) is 12.1 Å². The van der Waals surface area contributed by atoms with Gasteiger partial charge in [0.1, 0.15) is 0 Å². The maximum Gasteiger partial charge on any atom is 0.231 e. The van der Waals surface area contributed by atoms with Gasteiger partial charge in [-0.1, -0.05) is 12.8 Å².